The van der Waals surface area contributed by atoms with Crippen molar-refractivity contribution in [3.05, 3.63) is 69.3 Å². The van der Waals surface area contributed by atoms with Crippen LogP contribution in [0.15, 0.2) is 53.1 Å². The summed E-state index contributed by atoms with van der Waals surface area (Å²) < 4.78 is 5.24. The van der Waals surface area contributed by atoms with Crippen LogP contribution in [0.25, 0.3) is 0 Å². The van der Waals surface area contributed by atoms with Crippen LogP contribution in [0.2, 0.25) is 5.02 Å². The van der Waals surface area contributed by atoms with Crippen LogP contribution < -0.4 is 5.73 Å². The van der Waals surface area contributed by atoms with Gasteiger partial charge >= 0.3 is 6.09 Å². The van der Waals surface area contributed by atoms with Gasteiger partial charge in [-0.15, -0.1) is 0 Å². The van der Waals surface area contributed by atoms with Crippen molar-refractivity contribution in [1.82, 2.24) is 4.90 Å². The van der Waals surface area contributed by atoms with Gasteiger partial charge in [-0.3, -0.25) is 4.79 Å². The first kappa shape index (κ1) is 34.4. The molecule has 1 amide bonds. The second-order valence-electron chi connectivity index (χ2n) is 9.98. The van der Waals surface area contributed by atoms with E-state index >= 15 is 0 Å². The van der Waals surface area contributed by atoms with Gasteiger partial charge in [0.2, 0.25) is 0 Å². The van der Waals surface area contributed by atoms with Crippen LogP contribution in [-0.4, -0.2) is 47.8 Å². The molecule has 0 atom stereocenters. The van der Waals surface area contributed by atoms with Crippen molar-refractivity contribution in [2.45, 2.75) is 86.2 Å². The Kier molecular flexibility index (Phi) is 17.3. The number of fused-ring (bicyclic) bond motifs is 1. The van der Waals surface area contributed by atoms with Crippen molar-refractivity contribution < 1.29 is 19.4 Å². The summed E-state index contributed by atoms with van der Waals surface area (Å²) in [6.07, 6.45) is 11.7. The minimum absolute atomic E-state index is 0.250. The fourth-order valence-electron chi connectivity index (χ4n) is 3.60. The second-order valence-corrected chi connectivity index (χ2v) is 10.4. The lowest BCUT2D eigenvalue weighted by molar-refractivity contribution is -0.122. The molecule has 0 fully saturated rings. The Bertz CT molecular complexity index is 924. The zero-order valence-corrected chi connectivity index (χ0v) is 24.5. The first-order valence-corrected chi connectivity index (χ1v) is 13.4. The van der Waals surface area contributed by atoms with Crippen molar-refractivity contribution >= 4 is 24.2 Å². The van der Waals surface area contributed by atoms with E-state index in [9.17, 15) is 4.79 Å². The number of halogens is 1. The third-order valence-electron chi connectivity index (χ3n) is 5.62. The number of carboxylic acid groups (broad SMARTS) is 1. The molecule has 0 heterocycles. The van der Waals surface area contributed by atoms with E-state index in [1.807, 2.05) is 33.8 Å². The fraction of sp³-hybridized carbons (Fsp3) is 0.533. The average molecular weight is 535 g/mol. The zero-order valence-electron chi connectivity index (χ0n) is 23.8. The maximum absolute atomic E-state index is 11.6. The summed E-state index contributed by atoms with van der Waals surface area (Å²) in [6, 6.07) is 6.30. The van der Waals surface area contributed by atoms with Gasteiger partial charge in [-0.2, -0.15) is 0 Å². The van der Waals surface area contributed by atoms with Crippen LogP contribution in [0, 0.1) is 0 Å². The normalized spacial score (nSPS) is 13.5. The summed E-state index contributed by atoms with van der Waals surface area (Å²) in [5.41, 5.74) is 12.2. The van der Waals surface area contributed by atoms with Crippen molar-refractivity contribution in [2.75, 3.05) is 19.6 Å². The number of carbonyl (C=O) groups is 2. The summed E-state index contributed by atoms with van der Waals surface area (Å²) in [5.74, 6) is 0. The highest BCUT2D eigenvalue weighted by atomic mass is 35.5. The number of allylic oxidation sites excluding steroid dienone is 6. The molecule has 3 N–H and O–H groups in total. The standard InChI is InChI=1S/C19H23Cl.C10H22N2O2.CH2O2/c1-4-14(2)6-5-7-16-8-9-18-13-19(20)11-10-17(18)12-15(16)3;1-5-7-12(8-6-11)9(13)14-10(2,3)4;2-1-3/h5-7,10-11,13H,4,8-9,12H2,1-3H3;5-8,11H2,1-4H3;1H,(H,2,3)/b7-5-,14-6+;;. The van der Waals surface area contributed by atoms with E-state index in [-0.39, 0.29) is 12.6 Å². The number of nitrogens with zero attached hydrogens (tertiary/aromatic N) is 1. The van der Waals surface area contributed by atoms with Crippen molar-refractivity contribution in [1.29, 1.82) is 0 Å². The third-order valence-corrected chi connectivity index (χ3v) is 5.85. The van der Waals surface area contributed by atoms with Gasteiger partial charge in [0.05, 0.1) is 0 Å². The number of benzene rings is 1. The highest BCUT2D eigenvalue weighted by molar-refractivity contribution is 6.30. The Balaban J connectivity index is 0.000000669. The molecule has 1 aliphatic rings. The topological polar surface area (TPSA) is 92.9 Å². The highest BCUT2D eigenvalue weighted by Gasteiger charge is 2.20. The van der Waals surface area contributed by atoms with Gasteiger partial charge in [-0.25, -0.2) is 4.79 Å². The van der Waals surface area contributed by atoms with Crippen molar-refractivity contribution in [2.24, 2.45) is 5.73 Å². The number of ether oxygens (including phenoxy) is 1. The minimum Gasteiger partial charge on any atom is -0.483 e. The molecule has 1 aliphatic carbocycles. The molecule has 0 radical (unpaired) electrons. The number of carbonyl (C=O) groups excluding carboxylic acids is 1. The van der Waals surface area contributed by atoms with Crippen LogP contribution in [0.5, 0.6) is 0 Å². The van der Waals surface area contributed by atoms with Crippen LogP contribution >= 0.6 is 11.6 Å². The number of nitrogens with two attached hydrogens (primary N) is 1. The van der Waals surface area contributed by atoms with Crippen molar-refractivity contribution in [3.63, 3.8) is 0 Å². The molecule has 0 spiro atoms. The first-order valence-electron chi connectivity index (χ1n) is 13.0. The number of hydrogen-bond acceptors (Lipinski definition) is 4. The molecular formula is C30H47ClN2O4. The predicted molar refractivity (Wildman–Crippen MR) is 155 cm³/mol. The number of aryl methyl sites for hydroxylation is 1. The first-order chi connectivity index (χ1) is 17.4. The SMILES string of the molecule is CC/C(C)=C/C=C\C1=C(C)Cc2ccc(Cl)cc2CC1.CCCN(CCN)C(=O)OC(C)(C)C.O=CO. The number of rotatable bonds is 7. The monoisotopic (exact) mass is 534 g/mol. The largest absolute Gasteiger partial charge is 0.483 e. The van der Waals surface area contributed by atoms with Gasteiger partial charge in [0.1, 0.15) is 5.60 Å². The Morgan fingerprint density at radius 1 is 1.19 bits per heavy atom. The molecule has 6 nitrogen and oxygen atoms in total. The maximum atomic E-state index is 11.6. The van der Waals surface area contributed by atoms with E-state index < -0.39 is 5.60 Å². The molecule has 37 heavy (non-hydrogen) atoms. The molecule has 0 aliphatic heterocycles. The zero-order chi connectivity index (χ0) is 28.4. The van der Waals surface area contributed by atoms with E-state index in [0.29, 0.717) is 19.6 Å². The van der Waals surface area contributed by atoms with Gasteiger partial charge in [-0.1, -0.05) is 60.9 Å². The molecule has 0 aromatic heterocycles. The van der Waals surface area contributed by atoms with Gasteiger partial charge in [0, 0.05) is 24.7 Å². The average Bonchev–Trinajstić information content (AvgIpc) is 2.97. The van der Waals surface area contributed by atoms with Crippen LogP contribution in [-0.2, 0) is 22.4 Å². The molecular weight excluding hydrogens is 488 g/mol. The summed E-state index contributed by atoms with van der Waals surface area (Å²) >= 11 is 6.10. The van der Waals surface area contributed by atoms with Gasteiger partial charge in [0.25, 0.3) is 6.47 Å². The van der Waals surface area contributed by atoms with Crippen LogP contribution in [0.1, 0.15) is 78.9 Å². The second kappa shape index (κ2) is 18.6. The predicted octanol–water partition coefficient (Wildman–Crippen LogP) is 7.35. The third kappa shape index (κ3) is 15.3. The van der Waals surface area contributed by atoms with Gasteiger partial charge < -0.3 is 20.5 Å². The van der Waals surface area contributed by atoms with Crippen LogP contribution in [0.4, 0.5) is 4.79 Å². The summed E-state index contributed by atoms with van der Waals surface area (Å²) in [4.78, 5) is 21.6. The molecule has 0 bridgehead atoms. The minimum atomic E-state index is -0.433. The molecule has 7 heteroatoms. The lowest BCUT2D eigenvalue weighted by Crippen LogP contribution is -2.39. The molecule has 1 aromatic carbocycles. The Morgan fingerprint density at radius 3 is 2.38 bits per heavy atom. The molecule has 208 valence electrons. The Hall–Kier alpha value is -2.57. The van der Waals surface area contributed by atoms with Gasteiger partial charge in [0.15, 0.2) is 0 Å². The van der Waals surface area contributed by atoms with E-state index in [2.05, 4.69) is 51.1 Å². The lowest BCUT2D eigenvalue weighted by Gasteiger charge is -2.26. The van der Waals surface area contributed by atoms with Crippen LogP contribution in [0.3, 0.4) is 0 Å². The highest BCUT2D eigenvalue weighted by Crippen LogP contribution is 2.27. The number of hydrogen-bond donors (Lipinski definition) is 2. The molecule has 0 saturated heterocycles. The molecule has 2 rings (SSSR count). The number of amides is 1. The smallest absolute Gasteiger partial charge is 0.410 e. The lowest BCUT2D eigenvalue weighted by atomic mass is 10.0. The fourth-order valence-corrected chi connectivity index (χ4v) is 3.79. The molecule has 0 saturated carbocycles. The van der Waals surface area contributed by atoms with Crippen molar-refractivity contribution in [3.8, 4) is 0 Å². The van der Waals surface area contributed by atoms with E-state index in [1.54, 1.807) is 4.90 Å². The summed E-state index contributed by atoms with van der Waals surface area (Å²) in [5, 5.41) is 7.74. The van der Waals surface area contributed by atoms with Gasteiger partial charge in [-0.05, 0) is 95.6 Å². The maximum Gasteiger partial charge on any atom is 0.410 e. The molecule has 1 aromatic rings. The van der Waals surface area contributed by atoms with E-state index in [4.69, 9.17) is 32.0 Å². The quantitative estimate of drug-likeness (QED) is 0.282. The Morgan fingerprint density at radius 2 is 1.84 bits per heavy atom. The summed E-state index contributed by atoms with van der Waals surface area (Å²) in [7, 11) is 0. The Labute approximate surface area is 229 Å². The van der Waals surface area contributed by atoms with E-state index in [1.165, 1.54) is 27.8 Å². The van der Waals surface area contributed by atoms with E-state index in [0.717, 1.165) is 37.1 Å². The molecule has 0 unspecified atom stereocenters. The summed E-state index contributed by atoms with van der Waals surface area (Å²) in [6.45, 7) is 15.7.